The van der Waals surface area contributed by atoms with Crippen molar-refractivity contribution >= 4 is 15.9 Å². The number of hydrogen-bond donors (Lipinski definition) is 0. The second kappa shape index (κ2) is 4.70. The van der Waals surface area contributed by atoms with Gasteiger partial charge in [0.25, 0.3) is 0 Å². The van der Waals surface area contributed by atoms with Gasteiger partial charge in [-0.25, -0.2) is 9.97 Å². The Balaban J connectivity index is 1.82. The molecule has 0 N–H and O–H groups in total. The third-order valence-electron chi connectivity index (χ3n) is 2.09. The zero-order valence-electron chi connectivity index (χ0n) is 7.65. The Hall–Kier alpha value is -0.680. The summed E-state index contributed by atoms with van der Waals surface area (Å²) in [6, 6.07) is 0. The number of aromatic nitrogens is 2. The van der Waals surface area contributed by atoms with Gasteiger partial charge in [0, 0.05) is 12.5 Å². The first-order valence-electron chi connectivity index (χ1n) is 4.52. The van der Waals surface area contributed by atoms with E-state index in [1.807, 2.05) is 0 Å². The van der Waals surface area contributed by atoms with Gasteiger partial charge in [-0.3, -0.25) is 0 Å². The van der Waals surface area contributed by atoms with E-state index in [4.69, 9.17) is 9.47 Å². The zero-order valence-corrected chi connectivity index (χ0v) is 9.24. The molecule has 5 heteroatoms. The van der Waals surface area contributed by atoms with Gasteiger partial charge in [0.2, 0.25) is 5.88 Å². The Morgan fingerprint density at radius 2 is 2.43 bits per heavy atom. The molecule has 76 valence electrons. The van der Waals surface area contributed by atoms with Crippen LogP contribution >= 0.6 is 15.9 Å². The highest BCUT2D eigenvalue weighted by atomic mass is 79.9. The van der Waals surface area contributed by atoms with Crippen LogP contribution in [0, 0.1) is 5.92 Å². The first-order valence-corrected chi connectivity index (χ1v) is 5.32. The van der Waals surface area contributed by atoms with E-state index in [0.717, 1.165) is 19.6 Å². The van der Waals surface area contributed by atoms with Crippen molar-refractivity contribution in [2.75, 3.05) is 19.8 Å². The van der Waals surface area contributed by atoms with Crippen LogP contribution in [0.3, 0.4) is 0 Å². The maximum Gasteiger partial charge on any atom is 0.232 e. The van der Waals surface area contributed by atoms with E-state index in [-0.39, 0.29) is 0 Å². The third-order valence-corrected chi connectivity index (χ3v) is 2.50. The van der Waals surface area contributed by atoms with Crippen LogP contribution in [-0.2, 0) is 4.74 Å². The average molecular weight is 259 g/mol. The van der Waals surface area contributed by atoms with Crippen LogP contribution in [-0.4, -0.2) is 29.8 Å². The van der Waals surface area contributed by atoms with Crippen molar-refractivity contribution in [3.05, 3.63) is 17.0 Å². The van der Waals surface area contributed by atoms with Gasteiger partial charge < -0.3 is 9.47 Å². The Bertz CT molecular complexity index is 285. The van der Waals surface area contributed by atoms with Crippen LogP contribution in [0.2, 0.25) is 0 Å². The van der Waals surface area contributed by atoms with Gasteiger partial charge in [0.05, 0.1) is 25.6 Å². The molecule has 1 aliphatic rings. The Kier molecular flexibility index (Phi) is 3.31. The summed E-state index contributed by atoms with van der Waals surface area (Å²) in [5, 5.41) is 0. The second-order valence-electron chi connectivity index (χ2n) is 3.22. The molecular formula is C9H11BrN2O2. The molecule has 0 spiro atoms. The fraction of sp³-hybridized carbons (Fsp3) is 0.556. The minimum absolute atomic E-state index is 0.500. The van der Waals surface area contributed by atoms with Crippen LogP contribution in [0.25, 0.3) is 0 Å². The van der Waals surface area contributed by atoms with Crippen LogP contribution < -0.4 is 4.74 Å². The van der Waals surface area contributed by atoms with Crippen molar-refractivity contribution in [1.82, 2.24) is 9.97 Å². The number of hydrogen-bond acceptors (Lipinski definition) is 4. The summed E-state index contributed by atoms with van der Waals surface area (Å²) in [5.41, 5.74) is 0. The van der Waals surface area contributed by atoms with Crippen molar-refractivity contribution < 1.29 is 9.47 Å². The van der Waals surface area contributed by atoms with Crippen molar-refractivity contribution in [3.63, 3.8) is 0 Å². The molecule has 0 bridgehead atoms. The van der Waals surface area contributed by atoms with Crippen molar-refractivity contribution in [1.29, 1.82) is 0 Å². The molecule has 1 fully saturated rings. The standard InChI is InChI=1S/C9H11BrN2O2/c10-8-3-12-9(4-11-8)14-6-7-1-2-13-5-7/h3-4,7H,1-2,5-6H2. The third kappa shape index (κ3) is 2.65. The van der Waals surface area contributed by atoms with Gasteiger partial charge in [-0.1, -0.05) is 0 Å². The van der Waals surface area contributed by atoms with E-state index in [2.05, 4.69) is 25.9 Å². The molecule has 1 saturated heterocycles. The first-order chi connectivity index (χ1) is 6.84. The van der Waals surface area contributed by atoms with E-state index in [0.29, 0.717) is 23.0 Å². The maximum atomic E-state index is 5.47. The monoisotopic (exact) mass is 258 g/mol. The lowest BCUT2D eigenvalue weighted by molar-refractivity contribution is 0.165. The SMILES string of the molecule is Brc1cnc(OCC2CCOC2)cn1. The first kappa shape index (κ1) is 9.86. The maximum absolute atomic E-state index is 5.47. The molecule has 0 radical (unpaired) electrons. The van der Waals surface area contributed by atoms with Crippen LogP contribution in [0.15, 0.2) is 17.0 Å². The summed E-state index contributed by atoms with van der Waals surface area (Å²) in [5.74, 6) is 1.07. The Morgan fingerprint density at radius 1 is 1.50 bits per heavy atom. The summed E-state index contributed by atoms with van der Waals surface area (Å²) in [7, 11) is 0. The fourth-order valence-corrected chi connectivity index (χ4v) is 1.50. The highest BCUT2D eigenvalue weighted by molar-refractivity contribution is 9.10. The summed E-state index contributed by atoms with van der Waals surface area (Å²) in [6.07, 6.45) is 4.31. The van der Waals surface area contributed by atoms with E-state index >= 15 is 0 Å². The molecule has 14 heavy (non-hydrogen) atoms. The minimum Gasteiger partial charge on any atom is -0.476 e. The second-order valence-corrected chi connectivity index (χ2v) is 4.03. The molecule has 0 aliphatic carbocycles. The normalized spacial score (nSPS) is 21.1. The molecule has 4 nitrogen and oxygen atoms in total. The molecule has 1 atom stereocenters. The molecule has 2 rings (SSSR count). The predicted octanol–water partition coefficient (Wildman–Crippen LogP) is 1.65. The molecule has 1 aliphatic heterocycles. The average Bonchev–Trinajstić information content (AvgIpc) is 2.70. The molecule has 0 amide bonds. The molecule has 0 saturated carbocycles. The van der Waals surface area contributed by atoms with Crippen molar-refractivity contribution in [2.24, 2.45) is 5.92 Å². The minimum atomic E-state index is 0.500. The van der Waals surface area contributed by atoms with E-state index in [9.17, 15) is 0 Å². The van der Waals surface area contributed by atoms with Gasteiger partial charge in [0.15, 0.2) is 0 Å². The van der Waals surface area contributed by atoms with Gasteiger partial charge in [-0.15, -0.1) is 0 Å². The van der Waals surface area contributed by atoms with Gasteiger partial charge >= 0.3 is 0 Å². The topological polar surface area (TPSA) is 44.2 Å². The highest BCUT2D eigenvalue weighted by Crippen LogP contribution is 2.14. The van der Waals surface area contributed by atoms with Crippen LogP contribution in [0.4, 0.5) is 0 Å². The quantitative estimate of drug-likeness (QED) is 0.828. The lowest BCUT2D eigenvalue weighted by Gasteiger charge is -2.08. The lowest BCUT2D eigenvalue weighted by Crippen LogP contribution is -2.12. The summed E-state index contributed by atoms with van der Waals surface area (Å²) in [4.78, 5) is 8.09. The van der Waals surface area contributed by atoms with Crippen molar-refractivity contribution in [2.45, 2.75) is 6.42 Å². The smallest absolute Gasteiger partial charge is 0.232 e. The van der Waals surface area contributed by atoms with Crippen molar-refractivity contribution in [3.8, 4) is 5.88 Å². The van der Waals surface area contributed by atoms with Crippen LogP contribution in [0.5, 0.6) is 5.88 Å². The molecular weight excluding hydrogens is 248 g/mol. The number of rotatable bonds is 3. The molecule has 0 aromatic carbocycles. The zero-order chi connectivity index (χ0) is 9.80. The molecule has 1 aromatic heterocycles. The molecule has 1 unspecified atom stereocenters. The van der Waals surface area contributed by atoms with Gasteiger partial charge in [0.1, 0.15) is 4.60 Å². The Morgan fingerprint density at radius 3 is 3.07 bits per heavy atom. The number of halogens is 1. The van der Waals surface area contributed by atoms with Gasteiger partial charge in [-0.2, -0.15) is 0 Å². The summed E-state index contributed by atoms with van der Waals surface area (Å²) >= 11 is 3.21. The number of nitrogens with zero attached hydrogens (tertiary/aromatic N) is 2. The Labute approximate surface area is 90.8 Å². The predicted molar refractivity (Wildman–Crippen MR) is 54.2 cm³/mol. The molecule has 2 heterocycles. The van der Waals surface area contributed by atoms with Crippen LogP contribution in [0.1, 0.15) is 6.42 Å². The van der Waals surface area contributed by atoms with E-state index in [1.54, 1.807) is 12.4 Å². The highest BCUT2D eigenvalue weighted by Gasteiger charge is 2.16. The largest absolute Gasteiger partial charge is 0.476 e. The van der Waals surface area contributed by atoms with E-state index < -0.39 is 0 Å². The fourth-order valence-electron chi connectivity index (χ4n) is 1.29. The lowest BCUT2D eigenvalue weighted by atomic mass is 10.1. The van der Waals surface area contributed by atoms with Gasteiger partial charge in [-0.05, 0) is 22.4 Å². The summed E-state index contributed by atoms with van der Waals surface area (Å²) < 4.78 is 11.4. The number of ether oxygens (including phenoxy) is 2. The summed E-state index contributed by atoms with van der Waals surface area (Å²) in [6.45, 7) is 2.31. The molecule has 1 aromatic rings. The van der Waals surface area contributed by atoms with E-state index in [1.165, 1.54) is 0 Å².